The fourth-order valence-electron chi connectivity index (χ4n) is 1.36. The molecule has 0 radical (unpaired) electrons. The van der Waals surface area contributed by atoms with Crippen LogP contribution in [0.25, 0.3) is 11.0 Å². The van der Waals surface area contributed by atoms with Gasteiger partial charge in [-0.05, 0) is 18.5 Å². The Hall–Kier alpha value is -1.05. The summed E-state index contributed by atoms with van der Waals surface area (Å²) in [6.45, 7) is 2.13. The van der Waals surface area contributed by atoms with Crippen LogP contribution in [-0.2, 0) is 9.05 Å². The fraction of sp³-hybridized carbons (Fsp3) is 0.250. The van der Waals surface area contributed by atoms with Gasteiger partial charge in [0.05, 0.1) is 6.61 Å². The fourth-order valence-corrected chi connectivity index (χ4v) is 2.45. The highest BCUT2D eigenvalue weighted by Gasteiger charge is 2.21. The molecule has 0 unspecified atom stereocenters. The molecule has 0 bridgehead atoms. The molecular weight excluding hydrogens is 289 g/mol. The Morgan fingerprint density at radius 2 is 2.18 bits per heavy atom. The second-order valence-corrected chi connectivity index (χ2v) is 5.92. The number of ether oxygens (including phenoxy) is 1. The number of nitrogens with zero attached hydrogens (tertiary/aromatic N) is 2. The van der Waals surface area contributed by atoms with E-state index in [4.69, 9.17) is 27.0 Å². The first kappa shape index (κ1) is 12.4. The molecule has 0 saturated carbocycles. The first-order valence-corrected chi connectivity index (χ1v) is 7.24. The van der Waals surface area contributed by atoms with Gasteiger partial charge < -0.3 is 9.72 Å². The van der Waals surface area contributed by atoms with Crippen molar-refractivity contribution in [3.8, 4) is 5.88 Å². The van der Waals surface area contributed by atoms with Crippen LogP contribution in [0.5, 0.6) is 5.88 Å². The number of H-pyrrole nitrogens is 1. The third kappa shape index (κ3) is 2.31. The van der Waals surface area contributed by atoms with E-state index >= 15 is 0 Å². The number of nitrogens with one attached hydrogen (secondary N) is 1. The summed E-state index contributed by atoms with van der Waals surface area (Å²) in [4.78, 5) is 10.2. The summed E-state index contributed by atoms with van der Waals surface area (Å²) in [6, 6.07) is 0. The second-order valence-electron chi connectivity index (χ2n) is 3.05. The number of aromatic nitrogens is 3. The number of halogens is 2. The van der Waals surface area contributed by atoms with Crippen molar-refractivity contribution in [2.75, 3.05) is 6.61 Å². The molecular formula is C8H7Cl2N3O3S. The van der Waals surface area contributed by atoms with Crippen LogP contribution < -0.4 is 4.74 Å². The predicted octanol–water partition coefficient (Wildman–Crippen LogP) is 1.94. The van der Waals surface area contributed by atoms with E-state index in [0.717, 1.165) is 0 Å². The van der Waals surface area contributed by atoms with Gasteiger partial charge in [-0.25, -0.2) is 13.4 Å². The first-order valence-electron chi connectivity index (χ1n) is 4.55. The van der Waals surface area contributed by atoms with E-state index in [9.17, 15) is 8.42 Å². The lowest BCUT2D eigenvalue weighted by Crippen LogP contribution is -1.98. The number of rotatable bonds is 3. The molecule has 0 amide bonds. The van der Waals surface area contributed by atoms with Crippen LogP contribution in [0.3, 0.4) is 0 Å². The normalized spacial score (nSPS) is 11.9. The highest BCUT2D eigenvalue weighted by molar-refractivity contribution is 8.14. The summed E-state index contributed by atoms with van der Waals surface area (Å²) < 4.78 is 27.8. The average Bonchev–Trinajstić information content (AvgIpc) is 2.60. The summed E-state index contributed by atoms with van der Waals surface area (Å²) >= 11 is 5.68. The van der Waals surface area contributed by atoms with E-state index in [-0.39, 0.29) is 21.6 Å². The van der Waals surface area contributed by atoms with Gasteiger partial charge >= 0.3 is 0 Å². The van der Waals surface area contributed by atoms with Gasteiger partial charge in [0.25, 0.3) is 9.05 Å². The highest BCUT2D eigenvalue weighted by atomic mass is 35.7. The summed E-state index contributed by atoms with van der Waals surface area (Å²) in [5.41, 5.74) is 0.457. The third-order valence-electron chi connectivity index (χ3n) is 1.97. The highest BCUT2D eigenvalue weighted by Crippen LogP contribution is 2.29. The van der Waals surface area contributed by atoms with Gasteiger partial charge in [-0.2, -0.15) is 4.98 Å². The summed E-state index contributed by atoms with van der Waals surface area (Å²) in [5.74, 6) is 0.189. The number of hydrogen-bond acceptors (Lipinski definition) is 5. The maximum Gasteiger partial charge on any atom is 0.264 e. The van der Waals surface area contributed by atoms with Crippen molar-refractivity contribution in [3.05, 3.63) is 11.5 Å². The molecule has 92 valence electrons. The zero-order chi connectivity index (χ0) is 12.6. The van der Waals surface area contributed by atoms with Crippen LogP contribution in [0, 0.1) is 0 Å². The molecule has 1 N–H and O–H groups in total. The minimum absolute atomic E-state index is 0.109. The van der Waals surface area contributed by atoms with Crippen LogP contribution in [0.1, 0.15) is 6.92 Å². The van der Waals surface area contributed by atoms with Crippen LogP contribution in [0.4, 0.5) is 0 Å². The minimum atomic E-state index is -3.90. The predicted molar refractivity (Wildman–Crippen MR) is 63.1 cm³/mol. The first-order chi connectivity index (χ1) is 7.93. The van der Waals surface area contributed by atoms with E-state index in [1.54, 1.807) is 6.92 Å². The van der Waals surface area contributed by atoms with E-state index in [1.807, 2.05) is 0 Å². The van der Waals surface area contributed by atoms with Gasteiger partial charge in [-0.3, -0.25) is 0 Å². The van der Waals surface area contributed by atoms with Gasteiger partial charge in [-0.1, -0.05) is 0 Å². The molecule has 0 aliphatic heterocycles. The summed E-state index contributed by atoms with van der Waals surface area (Å²) in [7, 11) is 1.37. The Balaban J connectivity index is 2.78. The van der Waals surface area contributed by atoms with Crippen LogP contribution in [0.15, 0.2) is 11.1 Å². The van der Waals surface area contributed by atoms with E-state index in [1.165, 1.54) is 6.20 Å². The van der Waals surface area contributed by atoms with E-state index < -0.39 is 9.05 Å². The Bertz CT molecular complexity index is 668. The van der Waals surface area contributed by atoms with Gasteiger partial charge in [0.1, 0.15) is 15.9 Å². The van der Waals surface area contributed by atoms with E-state index in [2.05, 4.69) is 15.0 Å². The average molecular weight is 296 g/mol. The molecule has 0 aromatic carbocycles. The lowest BCUT2D eigenvalue weighted by Gasteiger charge is -2.03. The second kappa shape index (κ2) is 4.32. The SMILES string of the molecule is CCOc1nc(Cl)nc2c(S(=O)(=O)Cl)c[nH]c12. The maximum absolute atomic E-state index is 11.3. The Morgan fingerprint density at radius 1 is 1.47 bits per heavy atom. The van der Waals surface area contributed by atoms with Crippen molar-refractivity contribution in [1.29, 1.82) is 0 Å². The van der Waals surface area contributed by atoms with Gasteiger partial charge in [0.15, 0.2) is 0 Å². The van der Waals surface area contributed by atoms with Crippen LogP contribution in [-0.4, -0.2) is 30.0 Å². The topological polar surface area (TPSA) is 84.9 Å². The van der Waals surface area contributed by atoms with Crippen molar-refractivity contribution in [2.45, 2.75) is 11.8 Å². The lowest BCUT2D eigenvalue weighted by molar-refractivity contribution is 0.330. The van der Waals surface area contributed by atoms with Crippen molar-refractivity contribution in [3.63, 3.8) is 0 Å². The lowest BCUT2D eigenvalue weighted by atomic mass is 10.4. The minimum Gasteiger partial charge on any atom is -0.476 e. The molecule has 2 heterocycles. The monoisotopic (exact) mass is 295 g/mol. The molecule has 0 atom stereocenters. The van der Waals surface area contributed by atoms with Crippen molar-refractivity contribution < 1.29 is 13.2 Å². The summed E-state index contributed by atoms with van der Waals surface area (Å²) in [6.07, 6.45) is 1.22. The van der Waals surface area contributed by atoms with Gasteiger partial charge in [0.2, 0.25) is 11.2 Å². The molecule has 2 aromatic heterocycles. The Kier molecular flexibility index (Phi) is 3.15. The molecule has 6 nitrogen and oxygen atoms in total. The number of fused-ring (bicyclic) bond motifs is 1. The summed E-state index contributed by atoms with van der Waals surface area (Å²) in [5, 5.41) is -0.109. The van der Waals surface area contributed by atoms with Gasteiger partial charge in [0, 0.05) is 16.9 Å². The standard InChI is InChI=1S/C8H7Cl2N3O3S/c1-2-16-7-6-5(12-8(9)13-7)4(3-11-6)17(10,14)15/h3,11H,2H2,1H3. The molecule has 0 saturated heterocycles. The number of aromatic amines is 1. The molecule has 0 fully saturated rings. The molecule has 9 heteroatoms. The Labute approximate surface area is 106 Å². The third-order valence-corrected chi connectivity index (χ3v) is 3.48. The number of hydrogen-bond donors (Lipinski definition) is 1. The molecule has 0 spiro atoms. The molecule has 2 rings (SSSR count). The smallest absolute Gasteiger partial charge is 0.264 e. The molecule has 2 aromatic rings. The largest absolute Gasteiger partial charge is 0.476 e. The zero-order valence-electron chi connectivity index (χ0n) is 8.57. The van der Waals surface area contributed by atoms with Crippen molar-refractivity contribution in [1.82, 2.24) is 15.0 Å². The maximum atomic E-state index is 11.3. The zero-order valence-corrected chi connectivity index (χ0v) is 10.9. The van der Waals surface area contributed by atoms with Crippen molar-refractivity contribution in [2.24, 2.45) is 0 Å². The Morgan fingerprint density at radius 3 is 2.76 bits per heavy atom. The van der Waals surface area contributed by atoms with Crippen molar-refractivity contribution >= 4 is 42.4 Å². The van der Waals surface area contributed by atoms with E-state index in [0.29, 0.717) is 12.1 Å². The van der Waals surface area contributed by atoms with Crippen LogP contribution in [0.2, 0.25) is 5.28 Å². The molecule has 0 aliphatic carbocycles. The molecule has 0 aliphatic rings. The molecule has 17 heavy (non-hydrogen) atoms. The quantitative estimate of drug-likeness (QED) is 0.691. The van der Waals surface area contributed by atoms with Crippen LogP contribution >= 0.6 is 22.3 Å². The van der Waals surface area contributed by atoms with Gasteiger partial charge in [-0.15, -0.1) is 0 Å².